The molecule has 0 saturated heterocycles. The van der Waals surface area contributed by atoms with Crippen LogP contribution in [-0.2, 0) is 9.59 Å². The maximum Gasteiger partial charge on any atom is 0.337 e. The second-order valence-corrected chi connectivity index (χ2v) is 3.16. The molecule has 15 heavy (non-hydrogen) atoms. The molecule has 0 spiro atoms. The summed E-state index contributed by atoms with van der Waals surface area (Å²) in [6.45, 7) is 0.992. The summed E-state index contributed by atoms with van der Waals surface area (Å²) in [4.78, 5) is 21.5. The average Bonchev–Trinajstić information content (AvgIpc) is 2.15. The lowest BCUT2D eigenvalue weighted by molar-refractivity contribution is -0.156. The van der Waals surface area contributed by atoms with Gasteiger partial charge in [-0.3, -0.25) is 10.1 Å². The molecule has 1 unspecified atom stereocenters. The van der Waals surface area contributed by atoms with E-state index in [2.05, 4.69) is 16.6 Å². The highest BCUT2D eigenvalue weighted by molar-refractivity contribution is 5.81. The van der Waals surface area contributed by atoms with Gasteiger partial charge in [-0.2, -0.15) is 0 Å². The lowest BCUT2D eigenvalue weighted by atomic mass is 10.1. The van der Waals surface area contributed by atoms with Crippen LogP contribution in [0, 0.1) is 12.3 Å². The van der Waals surface area contributed by atoms with E-state index in [0.717, 1.165) is 6.92 Å². The van der Waals surface area contributed by atoms with E-state index in [-0.39, 0.29) is 19.6 Å². The topological polar surface area (TPSA) is 98.7 Å². The van der Waals surface area contributed by atoms with Gasteiger partial charge in [-0.25, -0.2) is 4.79 Å². The molecule has 1 atom stereocenters. The molecular formula is C9H14N2O4. The molecule has 0 saturated carbocycles. The number of nitrogens with one attached hydrogen (secondary N) is 2. The minimum atomic E-state index is -1.96. The number of amides is 1. The summed E-state index contributed by atoms with van der Waals surface area (Å²) in [7, 11) is 0. The van der Waals surface area contributed by atoms with Gasteiger partial charge in [-0.15, -0.1) is 6.42 Å². The molecule has 0 fully saturated rings. The second-order valence-electron chi connectivity index (χ2n) is 3.16. The molecule has 0 aromatic rings. The van der Waals surface area contributed by atoms with Gasteiger partial charge >= 0.3 is 5.97 Å². The quantitative estimate of drug-likeness (QED) is 0.308. The van der Waals surface area contributed by atoms with E-state index in [1.807, 2.05) is 0 Å². The van der Waals surface area contributed by atoms with Crippen molar-refractivity contribution in [2.75, 3.05) is 19.6 Å². The van der Waals surface area contributed by atoms with Crippen molar-refractivity contribution in [3.8, 4) is 12.3 Å². The maximum atomic E-state index is 11.0. The van der Waals surface area contributed by atoms with Crippen LogP contribution in [0.1, 0.15) is 6.92 Å². The third kappa shape index (κ3) is 5.67. The van der Waals surface area contributed by atoms with Crippen molar-refractivity contribution in [2.45, 2.75) is 12.5 Å². The largest absolute Gasteiger partial charge is 0.479 e. The lowest BCUT2D eigenvalue weighted by Crippen LogP contribution is -2.48. The van der Waals surface area contributed by atoms with Crippen molar-refractivity contribution in [3.05, 3.63) is 0 Å². The van der Waals surface area contributed by atoms with Crippen LogP contribution < -0.4 is 10.6 Å². The van der Waals surface area contributed by atoms with Crippen LogP contribution >= 0.6 is 0 Å². The van der Waals surface area contributed by atoms with E-state index in [1.165, 1.54) is 0 Å². The van der Waals surface area contributed by atoms with Gasteiger partial charge < -0.3 is 15.5 Å². The molecule has 0 bridgehead atoms. The highest BCUT2D eigenvalue weighted by Gasteiger charge is 2.29. The zero-order valence-corrected chi connectivity index (χ0v) is 8.41. The summed E-state index contributed by atoms with van der Waals surface area (Å²) in [6.07, 6.45) is 4.94. The monoisotopic (exact) mass is 214 g/mol. The molecule has 4 N–H and O–H groups in total. The molecule has 0 aromatic carbocycles. The van der Waals surface area contributed by atoms with Crippen LogP contribution in [0.4, 0.5) is 0 Å². The first-order valence-corrected chi connectivity index (χ1v) is 4.27. The minimum Gasteiger partial charge on any atom is -0.479 e. The average molecular weight is 214 g/mol. The fourth-order valence-corrected chi connectivity index (χ4v) is 0.657. The molecule has 0 radical (unpaired) electrons. The predicted octanol–water partition coefficient (Wildman–Crippen LogP) is -1.84. The first-order valence-electron chi connectivity index (χ1n) is 4.27. The van der Waals surface area contributed by atoms with E-state index in [9.17, 15) is 14.7 Å². The third-order valence-electron chi connectivity index (χ3n) is 1.60. The van der Waals surface area contributed by atoms with Gasteiger partial charge in [0.15, 0.2) is 5.60 Å². The van der Waals surface area contributed by atoms with Gasteiger partial charge in [0.1, 0.15) is 0 Å². The van der Waals surface area contributed by atoms with E-state index in [0.29, 0.717) is 0 Å². The number of aliphatic carboxylic acids is 1. The summed E-state index contributed by atoms with van der Waals surface area (Å²) >= 11 is 0. The molecule has 0 aromatic heterocycles. The zero-order valence-electron chi connectivity index (χ0n) is 8.41. The molecule has 1 amide bonds. The van der Waals surface area contributed by atoms with Gasteiger partial charge in [-0.1, -0.05) is 5.92 Å². The van der Waals surface area contributed by atoms with Gasteiger partial charge in [0, 0.05) is 0 Å². The van der Waals surface area contributed by atoms with Crippen LogP contribution in [0.5, 0.6) is 0 Å². The number of carboxylic acids is 1. The Morgan fingerprint density at radius 2 is 2.13 bits per heavy atom. The van der Waals surface area contributed by atoms with E-state index < -0.39 is 17.5 Å². The van der Waals surface area contributed by atoms with Crippen molar-refractivity contribution in [2.24, 2.45) is 0 Å². The van der Waals surface area contributed by atoms with Crippen LogP contribution in [0.15, 0.2) is 0 Å². The van der Waals surface area contributed by atoms with Crippen LogP contribution in [0.25, 0.3) is 0 Å². The minimum absolute atomic E-state index is 0.0140. The summed E-state index contributed by atoms with van der Waals surface area (Å²) in [5, 5.41) is 22.7. The van der Waals surface area contributed by atoms with Crippen molar-refractivity contribution < 1.29 is 19.8 Å². The number of carbonyl (C=O) groups excluding carboxylic acids is 1. The number of aliphatic hydroxyl groups is 1. The standard InChI is InChI=1S/C9H14N2O4/c1-3-4-10-5-7(12)11-6-9(2,15)8(13)14/h1,10,15H,4-6H2,2H3,(H,11,12)(H,13,14). The highest BCUT2D eigenvalue weighted by atomic mass is 16.4. The van der Waals surface area contributed by atoms with E-state index >= 15 is 0 Å². The Bertz CT molecular complexity index is 280. The van der Waals surface area contributed by atoms with Crippen LogP contribution in [-0.4, -0.2) is 47.3 Å². The molecule has 0 aliphatic carbocycles. The van der Waals surface area contributed by atoms with Crippen molar-refractivity contribution in [1.29, 1.82) is 0 Å². The Morgan fingerprint density at radius 3 is 2.60 bits per heavy atom. The van der Waals surface area contributed by atoms with Crippen LogP contribution in [0.2, 0.25) is 0 Å². The van der Waals surface area contributed by atoms with Gasteiger partial charge in [-0.05, 0) is 6.92 Å². The molecule has 6 heteroatoms. The SMILES string of the molecule is C#CCNCC(=O)NCC(C)(O)C(=O)O. The summed E-state index contributed by atoms with van der Waals surface area (Å²) < 4.78 is 0. The summed E-state index contributed by atoms with van der Waals surface area (Å²) in [5.74, 6) is 0.465. The van der Waals surface area contributed by atoms with Gasteiger partial charge in [0.25, 0.3) is 0 Å². The highest BCUT2D eigenvalue weighted by Crippen LogP contribution is 2.00. The molecule has 6 nitrogen and oxygen atoms in total. The van der Waals surface area contributed by atoms with Gasteiger partial charge in [0.2, 0.25) is 5.91 Å². The van der Waals surface area contributed by atoms with E-state index in [4.69, 9.17) is 11.5 Å². The normalized spacial score (nSPS) is 13.7. The smallest absolute Gasteiger partial charge is 0.337 e. The Hall–Kier alpha value is -1.58. The Morgan fingerprint density at radius 1 is 1.53 bits per heavy atom. The number of carbonyl (C=O) groups is 2. The number of carboxylic acid groups (broad SMARTS) is 1. The maximum absolute atomic E-state index is 11.0. The second kappa shape index (κ2) is 6.01. The van der Waals surface area contributed by atoms with Crippen molar-refractivity contribution in [1.82, 2.24) is 10.6 Å². The first kappa shape index (κ1) is 13.4. The number of hydrogen-bond acceptors (Lipinski definition) is 4. The molecule has 0 heterocycles. The zero-order chi connectivity index (χ0) is 11.9. The predicted molar refractivity (Wildman–Crippen MR) is 53.0 cm³/mol. The van der Waals surface area contributed by atoms with Crippen molar-refractivity contribution >= 4 is 11.9 Å². The van der Waals surface area contributed by atoms with E-state index in [1.54, 1.807) is 0 Å². The Labute approximate surface area is 87.7 Å². The Balaban J connectivity index is 3.81. The fourth-order valence-electron chi connectivity index (χ4n) is 0.657. The van der Waals surface area contributed by atoms with Crippen molar-refractivity contribution in [3.63, 3.8) is 0 Å². The van der Waals surface area contributed by atoms with Gasteiger partial charge in [0.05, 0.1) is 19.6 Å². The number of terminal acetylenes is 1. The lowest BCUT2D eigenvalue weighted by Gasteiger charge is -2.18. The molecule has 0 rings (SSSR count). The summed E-state index contributed by atoms with van der Waals surface area (Å²) in [5.41, 5.74) is -1.96. The fraction of sp³-hybridized carbons (Fsp3) is 0.556. The molecule has 84 valence electrons. The molecular weight excluding hydrogens is 200 g/mol. The third-order valence-corrected chi connectivity index (χ3v) is 1.60. The molecule has 0 aliphatic rings. The summed E-state index contributed by atoms with van der Waals surface area (Å²) in [6, 6.07) is 0. The van der Waals surface area contributed by atoms with Crippen LogP contribution in [0.3, 0.4) is 0 Å². The first-order chi connectivity index (χ1) is 6.90. The number of hydrogen-bond donors (Lipinski definition) is 4. The molecule has 0 aliphatic heterocycles. The Kier molecular flexibility index (Phi) is 5.37. The number of rotatable bonds is 6.